The number of unbranched alkanes of at least 4 members (excludes halogenated alkanes) is 7. The summed E-state index contributed by atoms with van der Waals surface area (Å²) in [6.07, 6.45) is 9.53. The van der Waals surface area contributed by atoms with Crippen molar-refractivity contribution in [1.82, 2.24) is 0 Å². The minimum Gasteiger partial charge on any atom is -0.460 e. The lowest BCUT2D eigenvalue weighted by Crippen LogP contribution is -2.30. The number of hydrogen-bond donors (Lipinski definition) is 1. The van der Waals surface area contributed by atoms with Crippen molar-refractivity contribution in [1.29, 1.82) is 0 Å². The minimum atomic E-state index is -3.32. The number of ketones is 2. The summed E-state index contributed by atoms with van der Waals surface area (Å²) in [5.41, 5.74) is 0. The zero-order chi connectivity index (χ0) is 25.6. The number of esters is 1. The highest BCUT2D eigenvalue weighted by Gasteiger charge is 2.43. The van der Waals surface area contributed by atoms with Crippen molar-refractivity contribution in [3.05, 3.63) is 12.2 Å². The van der Waals surface area contributed by atoms with Crippen LogP contribution in [0.5, 0.6) is 0 Å². The quantitative estimate of drug-likeness (QED) is 0.139. The SMILES string of the molecule is CCCCCCC(F)(F)C(=O)CC[C@H]1[C@H](O)CC(=O)[C@@H]1CCCCCC/C=C\C(=O)OC(C)C. The van der Waals surface area contributed by atoms with Crippen LogP contribution < -0.4 is 0 Å². The summed E-state index contributed by atoms with van der Waals surface area (Å²) in [4.78, 5) is 35.9. The monoisotopic (exact) mass is 486 g/mol. The molecule has 34 heavy (non-hydrogen) atoms. The van der Waals surface area contributed by atoms with Crippen molar-refractivity contribution >= 4 is 17.5 Å². The molecule has 3 atom stereocenters. The van der Waals surface area contributed by atoms with Crippen LogP contribution in [-0.4, -0.2) is 40.8 Å². The Morgan fingerprint density at radius 3 is 2.44 bits per heavy atom. The molecule has 0 aromatic rings. The van der Waals surface area contributed by atoms with Gasteiger partial charge in [0, 0.05) is 31.3 Å². The largest absolute Gasteiger partial charge is 0.460 e. The second kappa shape index (κ2) is 16.1. The molecule has 1 fully saturated rings. The van der Waals surface area contributed by atoms with E-state index in [4.69, 9.17) is 4.74 Å². The molecule has 1 N–H and O–H groups in total. The van der Waals surface area contributed by atoms with Crippen molar-refractivity contribution in [2.45, 2.75) is 129 Å². The Labute approximate surface area is 203 Å². The lowest BCUT2D eigenvalue weighted by atomic mass is 9.85. The summed E-state index contributed by atoms with van der Waals surface area (Å²) in [7, 11) is 0. The number of carbonyl (C=O) groups excluding carboxylic acids is 3. The molecule has 0 aromatic carbocycles. The maximum absolute atomic E-state index is 14.2. The van der Waals surface area contributed by atoms with E-state index in [1.165, 1.54) is 6.08 Å². The van der Waals surface area contributed by atoms with Crippen LogP contribution in [0, 0.1) is 11.8 Å². The van der Waals surface area contributed by atoms with E-state index in [-0.39, 0.29) is 43.0 Å². The molecule has 0 radical (unpaired) electrons. The number of Topliss-reactive ketones (excluding diaryl/α,β-unsaturated/α-hetero) is 2. The molecule has 0 heterocycles. The van der Waals surface area contributed by atoms with Crippen molar-refractivity contribution in [3.63, 3.8) is 0 Å². The summed E-state index contributed by atoms with van der Waals surface area (Å²) < 4.78 is 33.3. The molecule has 1 aliphatic carbocycles. The fraction of sp³-hybridized carbons (Fsp3) is 0.815. The lowest BCUT2D eigenvalue weighted by Gasteiger charge is -2.22. The second-order valence-electron chi connectivity index (χ2n) is 9.86. The fourth-order valence-electron chi connectivity index (χ4n) is 4.61. The molecular formula is C27H44F2O5. The maximum Gasteiger partial charge on any atom is 0.330 e. The van der Waals surface area contributed by atoms with E-state index < -0.39 is 30.1 Å². The second-order valence-corrected chi connectivity index (χ2v) is 9.86. The molecule has 0 spiro atoms. The first-order valence-electron chi connectivity index (χ1n) is 13.1. The number of halogens is 2. The van der Waals surface area contributed by atoms with E-state index in [2.05, 4.69) is 0 Å². The Bertz CT molecular complexity index is 659. The average molecular weight is 487 g/mol. The van der Waals surface area contributed by atoms with E-state index in [1.807, 2.05) is 6.92 Å². The zero-order valence-electron chi connectivity index (χ0n) is 21.2. The first-order valence-corrected chi connectivity index (χ1v) is 13.1. The third-order valence-corrected chi connectivity index (χ3v) is 6.53. The Balaban J connectivity index is 2.35. The summed E-state index contributed by atoms with van der Waals surface area (Å²) in [6.45, 7) is 5.60. The van der Waals surface area contributed by atoms with Gasteiger partial charge in [0.1, 0.15) is 5.78 Å². The summed E-state index contributed by atoms with van der Waals surface area (Å²) in [5, 5.41) is 10.3. The number of carbonyl (C=O) groups is 3. The van der Waals surface area contributed by atoms with Gasteiger partial charge in [-0.3, -0.25) is 9.59 Å². The molecule has 0 unspecified atom stereocenters. The highest BCUT2D eigenvalue weighted by Crippen LogP contribution is 2.37. The first-order chi connectivity index (χ1) is 16.1. The van der Waals surface area contributed by atoms with Gasteiger partial charge in [-0.1, -0.05) is 51.5 Å². The van der Waals surface area contributed by atoms with Crippen LogP contribution in [-0.2, 0) is 19.1 Å². The van der Waals surface area contributed by atoms with Gasteiger partial charge < -0.3 is 9.84 Å². The van der Waals surface area contributed by atoms with Crippen LogP contribution in [0.25, 0.3) is 0 Å². The zero-order valence-corrected chi connectivity index (χ0v) is 21.2. The van der Waals surface area contributed by atoms with Gasteiger partial charge in [0.2, 0.25) is 5.78 Å². The highest BCUT2D eigenvalue weighted by molar-refractivity contribution is 5.86. The Hall–Kier alpha value is -1.63. The number of hydrogen-bond acceptors (Lipinski definition) is 5. The Morgan fingerprint density at radius 1 is 1.09 bits per heavy atom. The van der Waals surface area contributed by atoms with Gasteiger partial charge in [-0.05, 0) is 51.9 Å². The predicted molar refractivity (Wildman–Crippen MR) is 129 cm³/mol. The molecule has 1 saturated carbocycles. The number of ether oxygens (including phenoxy) is 1. The standard InChI is InChI=1S/C27H44F2O5/c1-4-5-6-13-18-27(28,29)25(32)17-16-22-21(23(30)19-24(22)31)14-11-9-7-8-10-12-15-26(33)34-20(2)3/h12,15,20-22,24,31H,4-11,13-14,16-19H2,1-3H3/b15-12-/t21-,22-,24-/m1/s1. The molecule has 1 aliphatic rings. The van der Waals surface area contributed by atoms with Crippen LogP contribution in [0.2, 0.25) is 0 Å². The van der Waals surface area contributed by atoms with E-state index >= 15 is 0 Å². The topological polar surface area (TPSA) is 80.7 Å². The van der Waals surface area contributed by atoms with Crippen LogP contribution in [0.1, 0.15) is 111 Å². The number of alkyl halides is 2. The lowest BCUT2D eigenvalue weighted by molar-refractivity contribution is -0.144. The first kappa shape index (κ1) is 30.4. The van der Waals surface area contributed by atoms with Gasteiger partial charge in [-0.25, -0.2) is 4.79 Å². The van der Waals surface area contributed by atoms with Gasteiger partial charge in [-0.15, -0.1) is 0 Å². The number of aliphatic hydroxyl groups excluding tert-OH is 1. The molecule has 0 aromatic heterocycles. The van der Waals surface area contributed by atoms with Gasteiger partial charge >= 0.3 is 11.9 Å². The number of rotatable bonds is 18. The van der Waals surface area contributed by atoms with Crippen molar-refractivity contribution in [2.75, 3.05) is 0 Å². The van der Waals surface area contributed by atoms with E-state index in [9.17, 15) is 28.3 Å². The van der Waals surface area contributed by atoms with Crippen LogP contribution >= 0.6 is 0 Å². The van der Waals surface area contributed by atoms with Crippen LogP contribution in [0.3, 0.4) is 0 Å². The molecule has 0 bridgehead atoms. The van der Waals surface area contributed by atoms with Crippen molar-refractivity contribution in [3.8, 4) is 0 Å². The summed E-state index contributed by atoms with van der Waals surface area (Å²) >= 11 is 0. The highest BCUT2D eigenvalue weighted by atomic mass is 19.3. The molecule has 0 aliphatic heterocycles. The molecular weight excluding hydrogens is 442 g/mol. The molecule has 0 saturated heterocycles. The fourth-order valence-corrected chi connectivity index (χ4v) is 4.61. The van der Waals surface area contributed by atoms with E-state index in [0.29, 0.717) is 19.3 Å². The van der Waals surface area contributed by atoms with Crippen molar-refractivity contribution < 1.29 is 33.0 Å². The summed E-state index contributed by atoms with van der Waals surface area (Å²) in [5.74, 6) is -5.53. The van der Waals surface area contributed by atoms with Gasteiger partial charge in [-0.2, -0.15) is 8.78 Å². The number of allylic oxidation sites excluding steroid dienone is 1. The molecule has 0 amide bonds. The Morgan fingerprint density at radius 2 is 1.76 bits per heavy atom. The Kier molecular flexibility index (Phi) is 14.4. The van der Waals surface area contributed by atoms with Crippen LogP contribution in [0.4, 0.5) is 8.78 Å². The normalized spacial score (nSPS) is 21.0. The molecule has 7 heteroatoms. The third kappa shape index (κ3) is 11.7. The van der Waals surface area contributed by atoms with Crippen LogP contribution in [0.15, 0.2) is 12.2 Å². The van der Waals surface area contributed by atoms with E-state index in [0.717, 1.165) is 44.9 Å². The van der Waals surface area contributed by atoms with E-state index in [1.54, 1.807) is 19.9 Å². The van der Waals surface area contributed by atoms with Gasteiger partial charge in [0.25, 0.3) is 0 Å². The smallest absolute Gasteiger partial charge is 0.330 e. The summed E-state index contributed by atoms with van der Waals surface area (Å²) in [6, 6.07) is 0. The van der Waals surface area contributed by atoms with Gasteiger partial charge in [0.15, 0.2) is 0 Å². The van der Waals surface area contributed by atoms with Crippen molar-refractivity contribution in [2.24, 2.45) is 11.8 Å². The third-order valence-electron chi connectivity index (χ3n) is 6.53. The molecule has 196 valence electrons. The minimum absolute atomic E-state index is 0.0251. The maximum atomic E-state index is 14.2. The average Bonchev–Trinajstić information content (AvgIpc) is 3.02. The predicted octanol–water partition coefficient (Wildman–Crippen LogP) is 6.36. The molecule has 5 nitrogen and oxygen atoms in total. The molecule has 1 rings (SSSR count). The van der Waals surface area contributed by atoms with Gasteiger partial charge in [0.05, 0.1) is 12.2 Å². The number of aliphatic hydroxyl groups is 1.